The van der Waals surface area contributed by atoms with Crippen LogP contribution >= 0.6 is 12.2 Å². The van der Waals surface area contributed by atoms with Crippen molar-refractivity contribution in [3.8, 4) is 5.69 Å². The molecular weight excluding hydrogens is 396 g/mol. The van der Waals surface area contributed by atoms with Crippen LogP contribution in [-0.2, 0) is 13.2 Å². The third-order valence-corrected chi connectivity index (χ3v) is 5.57. The molecule has 30 heavy (non-hydrogen) atoms. The number of nitrogens with zero attached hydrogens (tertiary/aromatic N) is 5. The molecule has 7 nitrogen and oxygen atoms in total. The molecule has 154 valence electrons. The maximum atomic E-state index is 12.3. The Bertz CT molecular complexity index is 1320. The van der Waals surface area contributed by atoms with Crippen molar-refractivity contribution in [2.75, 3.05) is 6.54 Å². The van der Waals surface area contributed by atoms with E-state index in [0.717, 1.165) is 17.8 Å². The van der Waals surface area contributed by atoms with E-state index in [4.69, 9.17) is 12.2 Å². The second kappa shape index (κ2) is 8.33. The Hall–Kier alpha value is -3.10. The second-order valence-electron chi connectivity index (χ2n) is 7.39. The minimum absolute atomic E-state index is 0.123. The molecule has 0 saturated carbocycles. The zero-order valence-corrected chi connectivity index (χ0v) is 18.1. The summed E-state index contributed by atoms with van der Waals surface area (Å²) in [6.45, 7) is 7.96. The van der Waals surface area contributed by atoms with Gasteiger partial charge in [0, 0.05) is 0 Å². The van der Waals surface area contributed by atoms with E-state index in [1.165, 1.54) is 5.56 Å². The lowest BCUT2D eigenvalue weighted by molar-refractivity contribution is 0.202. The lowest BCUT2D eigenvalue weighted by Crippen LogP contribution is -2.28. The summed E-state index contributed by atoms with van der Waals surface area (Å²) in [6, 6.07) is 13.6. The van der Waals surface area contributed by atoms with Crippen molar-refractivity contribution in [3.63, 3.8) is 0 Å². The highest BCUT2D eigenvalue weighted by molar-refractivity contribution is 7.71. The molecule has 2 heterocycles. The first kappa shape index (κ1) is 20.2. The summed E-state index contributed by atoms with van der Waals surface area (Å²) >= 11 is 5.68. The average molecular weight is 421 g/mol. The van der Waals surface area contributed by atoms with Crippen LogP contribution in [0, 0.1) is 18.6 Å². The van der Waals surface area contributed by atoms with Gasteiger partial charge >= 0.3 is 0 Å². The van der Waals surface area contributed by atoms with Gasteiger partial charge in [-0.1, -0.05) is 36.8 Å². The van der Waals surface area contributed by atoms with Gasteiger partial charge in [0.05, 0.1) is 29.8 Å². The molecule has 4 aromatic rings. The fourth-order valence-electron chi connectivity index (χ4n) is 3.55. The Morgan fingerprint density at radius 2 is 1.97 bits per heavy atom. The maximum absolute atomic E-state index is 12.3. The topological polar surface area (TPSA) is 71.7 Å². The Kier molecular flexibility index (Phi) is 5.61. The number of aromatic nitrogens is 5. The van der Waals surface area contributed by atoms with Gasteiger partial charge in [-0.05, 0) is 56.4 Å². The lowest BCUT2D eigenvalue weighted by atomic mass is 10.1. The quantitative estimate of drug-likeness (QED) is 0.481. The van der Waals surface area contributed by atoms with Crippen molar-refractivity contribution in [1.82, 2.24) is 29.2 Å². The Morgan fingerprint density at radius 3 is 2.73 bits per heavy atom. The van der Waals surface area contributed by atoms with Crippen LogP contribution in [-0.4, -0.2) is 35.8 Å². The number of para-hydroxylation sites is 1. The van der Waals surface area contributed by atoms with Crippen LogP contribution in [0.25, 0.3) is 16.6 Å². The van der Waals surface area contributed by atoms with E-state index in [-0.39, 0.29) is 5.56 Å². The number of hydrogen-bond donors (Lipinski definition) is 1. The van der Waals surface area contributed by atoms with E-state index < -0.39 is 0 Å². The van der Waals surface area contributed by atoms with E-state index in [0.29, 0.717) is 34.7 Å². The fourth-order valence-corrected chi connectivity index (χ4v) is 3.80. The van der Waals surface area contributed by atoms with Crippen molar-refractivity contribution in [1.29, 1.82) is 0 Å². The zero-order chi connectivity index (χ0) is 21.3. The van der Waals surface area contributed by atoms with Crippen molar-refractivity contribution in [2.45, 2.75) is 34.0 Å². The number of hydrogen-bond acceptors (Lipinski definition) is 5. The normalized spacial score (nSPS) is 11.5. The van der Waals surface area contributed by atoms with Crippen LogP contribution in [0.5, 0.6) is 0 Å². The number of aryl methyl sites for hydroxylation is 2. The van der Waals surface area contributed by atoms with Gasteiger partial charge in [0.1, 0.15) is 12.2 Å². The van der Waals surface area contributed by atoms with E-state index in [1.54, 1.807) is 17.1 Å². The molecule has 0 fully saturated rings. The number of H-pyrrole nitrogens is 1. The maximum Gasteiger partial charge on any atom is 0.258 e. The molecule has 2 aromatic heterocycles. The molecule has 0 saturated heterocycles. The number of fused-ring (bicyclic) bond motifs is 1. The first-order chi connectivity index (χ1) is 14.5. The molecule has 2 aromatic carbocycles. The van der Waals surface area contributed by atoms with Crippen LogP contribution in [0.1, 0.15) is 23.9 Å². The molecule has 0 aliphatic rings. The second-order valence-corrected chi connectivity index (χ2v) is 7.75. The molecule has 0 bridgehead atoms. The highest BCUT2D eigenvalue weighted by atomic mass is 32.1. The summed E-state index contributed by atoms with van der Waals surface area (Å²) in [7, 11) is 0. The largest absolute Gasteiger partial charge is 0.309 e. The van der Waals surface area contributed by atoms with Crippen molar-refractivity contribution in [2.24, 2.45) is 0 Å². The zero-order valence-electron chi connectivity index (χ0n) is 17.3. The molecule has 0 amide bonds. The van der Waals surface area contributed by atoms with Gasteiger partial charge in [0.25, 0.3) is 5.56 Å². The van der Waals surface area contributed by atoms with Gasteiger partial charge in [-0.25, -0.2) is 9.67 Å². The molecular formula is C22H24N6OS. The van der Waals surface area contributed by atoms with Gasteiger partial charge in [-0.3, -0.25) is 14.3 Å². The molecule has 8 heteroatoms. The fraction of sp³-hybridized carbons (Fsp3) is 0.273. The Labute approximate surface area is 179 Å². The smallest absolute Gasteiger partial charge is 0.258 e. The first-order valence-electron chi connectivity index (χ1n) is 9.88. The highest BCUT2D eigenvalue weighted by Crippen LogP contribution is 2.16. The minimum atomic E-state index is -0.123. The standard InChI is InChI=1S/C22H24N6OS/c1-4-26(12-20-24-18-8-6-5-7-17(18)21(29)25-20)14-28-22(30)27(13-23-28)19-10-9-15(2)11-16(19)3/h5-11,13H,4,12,14H2,1-3H3,(H,24,25,29). The first-order valence-corrected chi connectivity index (χ1v) is 10.3. The predicted octanol–water partition coefficient (Wildman–Crippen LogP) is 3.74. The third kappa shape index (κ3) is 3.96. The van der Waals surface area contributed by atoms with Gasteiger partial charge in [0.2, 0.25) is 4.77 Å². The summed E-state index contributed by atoms with van der Waals surface area (Å²) in [4.78, 5) is 22.0. The van der Waals surface area contributed by atoms with E-state index >= 15 is 0 Å². The molecule has 0 radical (unpaired) electrons. The summed E-state index contributed by atoms with van der Waals surface area (Å²) in [5.74, 6) is 0.626. The summed E-state index contributed by atoms with van der Waals surface area (Å²) in [5.41, 5.74) is 3.96. The molecule has 0 aliphatic carbocycles. The SMILES string of the molecule is CCN(Cc1nc2ccccc2c(=O)[nH]1)Cn1ncn(-c2ccc(C)cc2C)c1=S. The number of aromatic amines is 1. The average Bonchev–Trinajstić information content (AvgIpc) is 3.07. The van der Waals surface area contributed by atoms with E-state index in [2.05, 4.69) is 58.9 Å². The highest BCUT2D eigenvalue weighted by Gasteiger charge is 2.12. The van der Waals surface area contributed by atoms with Crippen molar-refractivity contribution < 1.29 is 0 Å². The molecule has 0 unspecified atom stereocenters. The van der Waals surface area contributed by atoms with E-state index in [1.807, 2.05) is 22.8 Å². The number of nitrogens with one attached hydrogen (secondary N) is 1. The number of rotatable bonds is 6. The van der Waals surface area contributed by atoms with Crippen LogP contribution in [0.15, 0.2) is 53.6 Å². The van der Waals surface area contributed by atoms with Crippen LogP contribution < -0.4 is 5.56 Å². The van der Waals surface area contributed by atoms with Gasteiger partial charge in [-0.15, -0.1) is 0 Å². The van der Waals surface area contributed by atoms with Gasteiger partial charge < -0.3 is 4.98 Å². The molecule has 1 N–H and O–H groups in total. The van der Waals surface area contributed by atoms with Crippen molar-refractivity contribution >= 4 is 23.1 Å². The monoisotopic (exact) mass is 420 g/mol. The molecule has 4 rings (SSSR count). The summed E-state index contributed by atoms with van der Waals surface area (Å²) in [6.07, 6.45) is 1.75. The molecule has 0 atom stereocenters. The van der Waals surface area contributed by atoms with E-state index in [9.17, 15) is 4.79 Å². The van der Waals surface area contributed by atoms with Crippen molar-refractivity contribution in [3.05, 3.63) is 80.9 Å². The van der Waals surface area contributed by atoms with Gasteiger partial charge in [-0.2, -0.15) is 5.10 Å². The lowest BCUT2D eigenvalue weighted by Gasteiger charge is -2.19. The summed E-state index contributed by atoms with van der Waals surface area (Å²) in [5, 5.41) is 5.09. The van der Waals surface area contributed by atoms with Crippen LogP contribution in [0.4, 0.5) is 0 Å². The predicted molar refractivity (Wildman–Crippen MR) is 120 cm³/mol. The Balaban J connectivity index is 1.58. The third-order valence-electron chi connectivity index (χ3n) is 5.16. The molecule has 0 aliphatic heterocycles. The number of benzene rings is 2. The van der Waals surface area contributed by atoms with Crippen LogP contribution in [0.3, 0.4) is 0 Å². The Morgan fingerprint density at radius 1 is 1.17 bits per heavy atom. The molecule has 0 spiro atoms. The van der Waals surface area contributed by atoms with Gasteiger partial charge in [0.15, 0.2) is 0 Å². The minimum Gasteiger partial charge on any atom is -0.309 e. The summed E-state index contributed by atoms with van der Waals surface area (Å²) < 4.78 is 4.34. The van der Waals surface area contributed by atoms with Crippen LogP contribution in [0.2, 0.25) is 0 Å².